The van der Waals surface area contributed by atoms with Crippen LogP contribution in [-0.4, -0.2) is 80.1 Å². The molecular formula is C15H22N4O3. The van der Waals surface area contributed by atoms with Crippen molar-refractivity contribution in [3.8, 4) is 0 Å². The Balaban J connectivity index is 2.01. The lowest BCUT2D eigenvalue weighted by atomic mass is 10.1. The lowest BCUT2D eigenvalue weighted by Gasteiger charge is -2.32. The van der Waals surface area contributed by atoms with Gasteiger partial charge in [0.25, 0.3) is 11.8 Å². The van der Waals surface area contributed by atoms with E-state index in [4.69, 9.17) is 4.74 Å². The number of piperazine rings is 1. The Bertz CT molecular complexity index is 527. The average Bonchev–Trinajstić information content (AvgIpc) is 2.55. The number of nitrogens with zero attached hydrogens (tertiary/aromatic N) is 3. The van der Waals surface area contributed by atoms with E-state index in [0.717, 1.165) is 13.1 Å². The zero-order valence-corrected chi connectivity index (χ0v) is 13.0. The van der Waals surface area contributed by atoms with Crippen LogP contribution in [-0.2, 0) is 4.74 Å². The third-order valence-corrected chi connectivity index (χ3v) is 3.63. The molecule has 0 unspecified atom stereocenters. The van der Waals surface area contributed by atoms with Crippen molar-refractivity contribution in [2.24, 2.45) is 0 Å². The molecule has 1 fully saturated rings. The van der Waals surface area contributed by atoms with Gasteiger partial charge in [0, 0.05) is 52.2 Å². The van der Waals surface area contributed by atoms with E-state index in [-0.39, 0.29) is 11.8 Å². The second-order valence-corrected chi connectivity index (χ2v) is 5.31. The van der Waals surface area contributed by atoms with Gasteiger partial charge in [-0.1, -0.05) is 0 Å². The normalized spacial score (nSPS) is 15.6. The average molecular weight is 306 g/mol. The summed E-state index contributed by atoms with van der Waals surface area (Å²) in [5, 5.41) is 2.72. The monoisotopic (exact) mass is 306 g/mol. The molecule has 0 bridgehead atoms. The van der Waals surface area contributed by atoms with E-state index in [0.29, 0.717) is 37.4 Å². The number of pyridine rings is 1. The van der Waals surface area contributed by atoms with E-state index in [1.165, 1.54) is 12.4 Å². The van der Waals surface area contributed by atoms with Gasteiger partial charge in [0.15, 0.2) is 0 Å². The number of aromatic nitrogens is 1. The largest absolute Gasteiger partial charge is 0.383 e. The highest BCUT2D eigenvalue weighted by atomic mass is 16.5. The maximum Gasteiger partial charge on any atom is 0.255 e. The van der Waals surface area contributed by atoms with Crippen LogP contribution in [0.3, 0.4) is 0 Å². The molecule has 1 aliphatic heterocycles. The van der Waals surface area contributed by atoms with Gasteiger partial charge in [-0.15, -0.1) is 0 Å². The predicted octanol–water partition coefficient (Wildman–Crippen LogP) is -0.155. The fourth-order valence-corrected chi connectivity index (χ4v) is 2.24. The van der Waals surface area contributed by atoms with Crippen molar-refractivity contribution in [1.29, 1.82) is 0 Å². The second kappa shape index (κ2) is 7.86. The van der Waals surface area contributed by atoms with Crippen molar-refractivity contribution in [1.82, 2.24) is 20.1 Å². The number of ether oxygens (including phenoxy) is 1. The zero-order chi connectivity index (χ0) is 15.9. The number of nitrogens with one attached hydrogen (secondary N) is 1. The molecule has 1 N–H and O–H groups in total. The van der Waals surface area contributed by atoms with Gasteiger partial charge in [0.1, 0.15) is 0 Å². The minimum absolute atomic E-state index is 0.0767. The molecule has 7 nitrogen and oxygen atoms in total. The number of rotatable bonds is 5. The number of hydrogen-bond acceptors (Lipinski definition) is 5. The summed E-state index contributed by atoms with van der Waals surface area (Å²) in [4.78, 5) is 32.4. The molecule has 1 aliphatic rings. The van der Waals surface area contributed by atoms with E-state index in [1.54, 1.807) is 18.1 Å². The maximum absolute atomic E-state index is 12.5. The molecule has 2 rings (SSSR count). The molecule has 120 valence electrons. The zero-order valence-electron chi connectivity index (χ0n) is 13.0. The Morgan fingerprint density at radius 3 is 2.59 bits per heavy atom. The van der Waals surface area contributed by atoms with Gasteiger partial charge >= 0.3 is 0 Å². The molecule has 0 radical (unpaired) electrons. The highest BCUT2D eigenvalue weighted by molar-refractivity contribution is 5.99. The van der Waals surface area contributed by atoms with Crippen LogP contribution in [0.2, 0.25) is 0 Å². The highest BCUT2D eigenvalue weighted by Gasteiger charge is 2.21. The number of carbonyl (C=O) groups excluding carboxylic acids is 2. The topological polar surface area (TPSA) is 74.8 Å². The lowest BCUT2D eigenvalue weighted by molar-refractivity contribution is 0.0663. The van der Waals surface area contributed by atoms with Crippen LogP contribution < -0.4 is 5.32 Å². The Kier molecular flexibility index (Phi) is 5.85. The molecule has 0 saturated carbocycles. The van der Waals surface area contributed by atoms with E-state index in [2.05, 4.69) is 15.2 Å². The molecular weight excluding hydrogens is 284 g/mol. The molecule has 0 aliphatic carbocycles. The smallest absolute Gasteiger partial charge is 0.255 e. The van der Waals surface area contributed by atoms with Crippen LogP contribution in [0.1, 0.15) is 20.7 Å². The van der Waals surface area contributed by atoms with E-state index < -0.39 is 0 Å². The molecule has 0 atom stereocenters. The minimum Gasteiger partial charge on any atom is -0.383 e. The lowest BCUT2D eigenvalue weighted by Crippen LogP contribution is -2.47. The number of amides is 2. The van der Waals surface area contributed by atoms with Crippen LogP contribution in [0, 0.1) is 0 Å². The van der Waals surface area contributed by atoms with Gasteiger partial charge in [0.05, 0.1) is 17.7 Å². The Morgan fingerprint density at radius 1 is 1.23 bits per heavy atom. The summed E-state index contributed by atoms with van der Waals surface area (Å²) in [6, 6.07) is 1.59. The first-order chi connectivity index (χ1) is 10.6. The first-order valence-corrected chi connectivity index (χ1v) is 7.32. The first kappa shape index (κ1) is 16.4. The summed E-state index contributed by atoms with van der Waals surface area (Å²) in [6.45, 7) is 3.97. The van der Waals surface area contributed by atoms with E-state index >= 15 is 0 Å². The predicted molar refractivity (Wildman–Crippen MR) is 81.8 cm³/mol. The van der Waals surface area contributed by atoms with E-state index in [1.807, 2.05) is 7.05 Å². The summed E-state index contributed by atoms with van der Waals surface area (Å²) in [7, 11) is 3.61. The quantitative estimate of drug-likeness (QED) is 0.766. The van der Waals surface area contributed by atoms with Crippen molar-refractivity contribution < 1.29 is 14.3 Å². The van der Waals surface area contributed by atoms with Crippen LogP contribution >= 0.6 is 0 Å². The summed E-state index contributed by atoms with van der Waals surface area (Å²) in [5.74, 6) is -0.329. The first-order valence-electron chi connectivity index (χ1n) is 7.32. The Hall–Kier alpha value is -1.99. The van der Waals surface area contributed by atoms with Gasteiger partial charge in [-0.2, -0.15) is 0 Å². The molecule has 22 heavy (non-hydrogen) atoms. The fraction of sp³-hybridized carbons (Fsp3) is 0.533. The summed E-state index contributed by atoms with van der Waals surface area (Å²) in [5.41, 5.74) is 0.833. The van der Waals surface area contributed by atoms with Gasteiger partial charge in [-0.05, 0) is 13.1 Å². The third kappa shape index (κ3) is 4.25. The molecule has 2 amide bonds. The number of likely N-dealkylation sites (N-methyl/N-ethyl adjacent to an activating group) is 1. The maximum atomic E-state index is 12.5. The standard InChI is InChI=1S/C15H22N4O3/c1-18-4-6-19(7-5-18)15(21)13-9-12(10-16-11-13)14(20)17-3-8-22-2/h9-11H,3-8H2,1-2H3,(H,17,20). The van der Waals surface area contributed by atoms with Crippen LogP contribution in [0.5, 0.6) is 0 Å². The van der Waals surface area contributed by atoms with Crippen LogP contribution in [0.25, 0.3) is 0 Å². The molecule has 0 aromatic carbocycles. The fourth-order valence-electron chi connectivity index (χ4n) is 2.24. The Morgan fingerprint density at radius 2 is 1.91 bits per heavy atom. The van der Waals surface area contributed by atoms with Crippen molar-refractivity contribution in [2.75, 3.05) is 53.5 Å². The summed E-state index contributed by atoms with van der Waals surface area (Å²) < 4.78 is 4.88. The number of carbonyl (C=O) groups is 2. The van der Waals surface area contributed by atoms with Crippen molar-refractivity contribution in [2.45, 2.75) is 0 Å². The molecule has 1 aromatic rings. The molecule has 2 heterocycles. The molecule has 1 saturated heterocycles. The van der Waals surface area contributed by atoms with Gasteiger partial charge in [-0.3, -0.25) is 14.6 Å². The molecule has 7 heteroatoms. The number of methoxy groups -OCH3 is 1. The molecule has 1 aromatic heterocycles. The SMILES string of the molecule is COCCNC(=O)c1cncc(C(=O)N2CCN(C)CC2)c1. The number of hydrogen-bond donors (Lipinski definition) is 1. The van der Waals surface area contributed by atoms with Crippen LogP contribution in [0.4, 0.5) is 0 Å². The summed E-state index contributed by atoms with van der Waals surface area (Å²) >= 11 is 0. The van der Waals surface area contributed by atoms with Gasteiger partial charge < -0.3 is 19.9 Å². The third-order valence-electron chi connectivity index (χ3n) is 3.63. The van der Waals surface area contributed by atoms with Crippen molar-refractivity contribution >= 4 is 11.8 Å². The van der Waals surface area contributed by atoms with E-state index in [9.17, 15) is 9.59 Å². The highest BCUT2D eigenvalue weighted by Crippen LogP contribution is 2.09. The van der Waals surface area contributed by atoms with Crippen LogP contribution in [0.15, 0.2) is 18.5 Å². The Labute approximate surface area is 130 Å². The second-order valence-electron chi connectivity index (χ2n) is 5.31. The minimum atomic E-state index is -0.252. The van der Waals surface area contributed by atoms with Crippen molar-refractivity contribution in [3.63, 3.8) is 0 Å². The van der Waals surface area contributed by atoms with Gasteiger partial charge in [-0.25, -0.2) is 0 Å². The van der Waals surface area contributed by atoms with Crippen molar-refractivity contribution in [3.05, 3.63) is 29.6 Å². The summed E-state index contributed by atoms with van der Waals surface area (Å²) in [6.07, 6.45) is 2.97. The van der Waals surface area contributed by atoms with Gasteiger partial charge in [0.2, 0.25) is 0 Å². The molecule has 0 spiro atoms.